The fourth-order valence-electron chi connectivity index (χ4n) is 2.21. The Bertz CT molecular complexity index is 430. The molecular formula is C13H19N3O. The third-order valence-electron chi connectivity index (χ3n) is 3.05. The smallest absolute Gasteiger partial charge is 0.108 e. The van der Waals surface area contributed by atoms with Gasteiger partial charge in [-0.1, -0.05) is 6.92 Å². The van der Waals surface area contributed by atoms with Crippen LogP contribution in [-0.4, -0.2) is 16.8 Å². The van der Waals surface area contributed by atoms with Crippen LogP contribution in [0.15, 0.2) is 29.0 Å². The Morgan fingerprint density at radius 2 is 2.24 bits per heavy atom. The van der Waals surface area contributed by atoms with E-state index in [9.17, 15) is 0 Å². The van der Waals surface area contributed by atoms with Gasteiger partial charge < -0.3 is 9.73 Å². The predicted molar refractivity (Wildman–Crippen MR) is 66.9 cm³/mol. The molecule has 92 valence electrons. The van der Waals surface area contributed by atoms with E-state index < -0.39 is 0 Å². The minimum atomic E-state index is 0.145. The Labute approximate surface area is 102 Å². The normalized spacial score (nSPS) is 12.9. The van der Waals surface area contributed by atoms with Crippen molar-refractivity contribution in [1.82, 2.24) is 15.1 Å². The van der Waals surface area contributed by atoms with E-state index in [2.05, 4.69) is 30.3 Å². The van der Waals surface area contributed by atoms with Crippen molar-refractivity contribution in [3.8, 4) is 0 Å². The van der Waals surface area contributed by atoms with Gasteiger partial charge >= 0.3 is 0 Å². The van der Waals surface area contributed by atoms with Gasteiger partial charge in [-0.3, -0.25) is 4.68 Å². The second-order valence-electron chi connectivity index (χ2n) is 3.95. The maximum atomic E-state index is 5.50. The lowest BCUT2D eigenvalue weighted by Crippen LogP contribution is -2.21. The van der Waals surface area contributed by atoms with Crippen molar-refractivity contribution >= 4 is 0 Å². The zero-order valence-electron chi connectivity index (χ0n) is 10.6. The molecule has 0 aliphatic heterocycles. The van der Waals surface area contributed by atoms with Crippen molar-refractivity contribution in [3.63, 3.8) is 0 Å². The van der Waals surface area contributed by atoms with Crippen LogP contribution in [0.2, 0.25) is 0 Å². The maximum absolute atomic E-state index is 5.50. The van der Waals surface area contributed by atoms with Gasteiger partial charge in [-0.25, -0.2) is 0 Å². The first-order valence-corrected chi connectivity index (χ1v) is 6.07. The van der Waals surface area contributed by atoms with Gasteiger partial charge in [0.15, 0.2) is 0 Å². The highest BCUT2D eigenvalue weighted by molar-refractivity contribution is 5.29. The number of nitrogens with zero attached hydrogens (tertiary/aromatic N) is 2. The topological polar surface area (TPSA) is 43.0 Å². The summed E-state index contributed by atoms with van der Waals surface area (Å²) in [6.07, 6.45) is 4.50. The predicted octanol–water partition coefficient (Wildman–Crippen LogP) is 2.37. The van der Waals surface area contributed by atoms with Gasteiger partial charge in [-0.15, -0.1) is 0 Å². The van der Waals surface area contributed by atoms with E-state index in [1.54, 1.807) is 6.26 Å². The van der Waals surface area contributed by atoms with Crippen LogP contribution in [0.25, 0.3) is 0 Å². The number of nitrogens with one attached hydrogen (secondary N) is 1. The lowest BCUT2D eigenvalue weighted by atomic mass is 10.0. The van der Waals surface area contributed by atoms with Gasteiger partial charge in [0.2, 0.25) is 0 Å². The molecule has 0 amide bonds. The molecule has 2 rings (SSSR count). The van der Waals surface area contributed by atoms with Crippen LogP contribution >= 0.6 is 0 Å². The summed E-state index contributed by atoms with van der Waals surface area (Å²) in [6, 6.07) is 4.23. The molecule has 0 spiro atoms. The van der Waals surface area contributed by atoms with Crippen molar-refractivity contribution < 1.29 is 4.42 Å². The largest absolute Gasteiger partial charge is 0.469 e. The Morgan fingerprint density at radius 3 is 2.88 bits per heavy atom. The van der Waals surface area contributed by atoms with E-state index in [0.29, 0.717) is 0 Å². The summed E-state index contributed by atoms with van der Waals surface area (Å²) in [5, 5.41) is 7.65. The van der Waals surface area contributed by atoms with E-state index in [-0.39, 0.29) is 6.04 Å². The highest BCUT2D eigenvalue weighted by atomic mass is 16.3. The number of aromatic nitrogens is 2. The van der Waals surface area contributed by atoms with Crippen molar-refractivity contribution in [2.24, 2.45) is 0 Å². The van der Waals surface area contributed by atoms with Gasteiger partial charge in [0.1, 0.15) is 5.76 Å². The molecule has 0 fully saturated rings. The summed E-state index contributed by atoms with van der Waals surface area (Å²) in [5.74, 6) is 1.04. The molecule has 2 aromatic rings. The fourth-order valence-corrected chi connectivity index (χ4v) is 2.21. The van der Waals surface area contributed by atoms with E-state index >= 15 is 0 Å². The fraction of sp³-hybridized carbons (Fsp3) is 0.462. The molecule has 17 heavy (non-hydrogen) atoms. The molecule has 2 heterocycles. The standard InChI is InChI=1S/C13H19N3O/c1-4-12-10(7-9-17-12)13(14-3)11-6-8-15-16(11)5-2/h6-9,13-14H,4-5H2,1-3H3. The summed E-state index contributed by atoms with van der Waals surface area (Å²) in [5.41, 5.74) is 2.37. The molecule has 4 nitrogen and oxygen atoms in total. The highest BCUT2D eigenvalue weighted by Crippen LogP contribution is 2.25. The molecule has 0 bridgehead atoms. The van der Waals surface area contributed by atoms with Gasteiger partial charge in [-0.05, 0) is 26.1 Å². The Kier molecular flexibility index (Phi) is 3.64. The lowest BCUT2D eigenvalue weighted by Gasteiger charge is -2.17. The molecule has 0 radical (unpaired) electrons. The van der Waals surface area contributed by atoms with E-state index in [4.69, 9.17) is 4.42 Å². The minimum absolute atomic E-state index is 0.145. The molecule has 1 atom stereocenters. The molecule has 0 saturated heterocycles. The average molecular weight is 233 g/mol. The number of rotatable bonds is 5. The highest BCUT2D eigenvalue weighted by Gasteiger charge is 2.20. The molecule has 4 heteroatoms. The molecular weight excluding hydrogens is 214 g/mol. The monoisotopic (exact) mass is 233 g/mol. The summed E-state index contributed by atoms with van der Waals surface area (Å²) in [6.45, 7) is 5.07. The van der Waals surface area contributed by atoms with Crippen molar-refractivity contribution in [1.29, 1.82) is 0 Å². The quantitative estimate of drug-likeness (QED) is 0.862. The number of hydrogen-bond donors (Lipinski definition) is 1. The third-order valence-corrected chi connectivity index (χ3v) is 3.05. The van der Waals surface area contributed by atoms with Gasteiger partial charge in [0.05, 0.1) is 18.0 Å². The van der Waals surface area contributed by atoms with Crippen LogP contribution in [0, 0.1) is 0 Å². The maximum Gasteiger partial charge on any atom is 0.108 e. The van der Waals surface area contributed by atoms with Gasteiger partial charge in [-0.2, -0.15) is 5.10 Å². The summed E-state index contributed by atoms with van der Waals surface area (Å²) >= 11 is 0. The average Bonchev–Trinajstić information content (AvgIpc) is 2.98. The van der Waals surface area contributed by atoms with E-state index in [1.807, 2.05) is 24.0 Å². The van der Waals surface area contributed by atoms with Gasteiger partial charge in [0, 0.05) is 24.7 Å². The minimum Gasteiger partial charge on any atom is -0.469 e. The Hall–Kier alpha value is -1.55. The first-order valence-electron chi connectivity index (χ1n) is 6.07. The number of furan rings is 1. The summed E-state index contributed by atoms with van der Waals surface area (Å²) in [7, 11) is 1.96. The van der Waals surface area contributed by atoms with Crippen LogP contribution < -0.4 is 5.32 Å². The van der Waals surface area contributed by atoms with Crippen LogP contribution in [0.4, 0.5) is 0 Å². The second kappa shape index (κ2) is 5.19. The van der Waals surface area contributed by atoms with Crippen molar-refractivity contribution in [2.75, 3.05) is 7.05 Å². The molecule has 1 unspecified atom stereocenters. The number of aryl methyl sites for hydroxylation is 2. The zero-order chi connectivity index (χ0) is 12.3. The van der Waals surface area contributed by atoms with Crippen molar-refractivity contribution in [3.05, 3.63) is 41.6 Å². The molecule has 0 aliphatic carbocycles. The first-order chi connectivity index (χ1) is 8.31. The van der Waals surface area contributed by atoms with Crippen LogP contribution in [0.3, 0.4) is 0 Å². The molecule has 0 aromatic carbocycles. The lowest BCUT2D eigenvalue weighted by molar-refractivity contribution is 0.498. The van der Waals surface area contributed by atoms with E-state index in [1.165, 1.54) is 11.3 Å². The summed E-state index contributed by atoms with van der Waals surface area (Å²) in [4.78, 5) is 0. The third kappa shape index (κ3) is 2.13. The first kappa shape index (κ1) is 11.9. The van der Waals surface area contributed by atoms with Gasteiger partial charge in [0.25, 0.3) is 0 Å². The zero-order valence-corrected chi connectivity index (χ0v) is 10.6. The Morgan fingerprint density at radius 1 is 1.41 bits per heavy atom. The number of hydrogen-bond acceptors (Lipinski definition) is 3. The summed E-state index contributed by atoms with van der Waals surface area (Å²) < 4.78 is 7.51. The molecule has 2 aromatic heterocycles. The SMILES string of the molecule is CCc1occc1C(NC)c1ccnn1CC. The van der Waals surface area contributed by atoms with Crippen LogP contribution in [-0.2, 0) is 13.0 Å². The second-order valence-corrected chi connectivity index (χ2v) is 3.95. The van der Waals surface area contributed by atoms with E-state index in [0.717, 1.165) is 18.7 Å². The molecule has 1 N–H and O–H groups in total. The molecule has 0 aliphatic rings. The van der Waals surface area contributed by atoms with Crippen LogP contribution in [0.1, 0.15) is 36.9 Å². The van der Waals surface area contributed by atoms with Crippen LogP contribution in [0.5, 0.6) is 0 Å². The Balaban J connectivity index is 2.40. The van der Waals surface area contributed by atoms with Crippen molar-refractivity contribution in [2.45, 2.75) is 32.9 Å². The molecule has 0 saturated carbocycles.